The van der Waals surface area contributed by atoms with Gasteiger partial charge in [-0.25, -0.2) is 4.39 Å². The third kappa shape index (κ3) is 2.70. The molecule has 22 heavy (non-hydrogen) atoms. The predicted octanol–water partition coefficient (Wildman–Crippen LogP) is 4.38. The average molecular weight is 294 g/mol. The summed E-state index contributed by atoms with van der Waals surface area (Å²) in [5.41, 5.74) is 2.24. The lowest BCUT2D eigenvalue weighted by molar-refractivity contribution is 0.0896. The van der Waals surface area contributed by atoms with Crippen molar-refractivity contribution in [1.82, 2.24) is 0 Å². The molecule has 0 aliphatic carbocycles. The molecule has 1 unspecified atom stereocenters. The SMILES string of the molecule is C=C/C=C\c1ccc2c(c1)C(=O)C(c1ccc(F)cc1)CO2. The number of ether oxygens (including phenoxy) is 1. The summed E-state index contributed by atoms with van der Waals surface area (Å²) in [6.45, 7) is 3.91. The fraction of sp³-hybridized carbons (Fsp3) is 0.105. The second-order valence-corrected chi connectivity index (χ2v) is 5.13. The second-order valence-electron chi connectivity index (χ2n) is 5.13. The van der Waals surface area contributed by atoms with Crippen molar-refractivity contribution < 1.29 is 13.9 Å². The van der Waals surface area contributed by atoms with Gasteiger partial charge >= 0.3 is 0 Å². The Labute approximate surface area is 128 Å². The van der Waals surface area contributed by atoms with E-state index in [0.717, 1.165) is 11.1 Å². The van der Waals surface area contributed by atoms with Gasteiger partial charge in [0.2, 0.25) is 0 Å². The number of Topliss-reactive ketones (excluding diaryl/α,β-unsaturated/α-hetero) is 1. The van der Waals surface area contributed by atoms with E-state index in [1.54, 1.807) is 24.3 Å². The number of hydrogen-bond acceptors (Lipinski definition) is 2. The average Bonchev–Trinajstić information content (AvgIpc) is 2.54. The third-order valence-corrected chi connectivity index (χ3v) is 3.69. The van der Waals surface area contributed by atoms with Gasteiger partial charge in [0, 0.05) is 0 Å². The quantitative estimate of drug-likeness (QED) is 0.785. The highest BCUT2D eigenvalue weighted by atomic mass is 19.1. The van der Waals surface area contributed by atoms with Gasteiger partial charge in [-0.3, -0.25) is 4.79 Å². The molecule has 1 aliphatic rings. The van der Waals surface area contributed by atoms with Crippen LogP contribution in [-0.4, -0.2) is 12.4 Å². The number of hydrogen-bond donors (Lipinski definition) is 0. The first-order valence-corrected chi connectivity index (χ1v) is 7.04. The van der Waals surface area contributed by atoms with Gasteiger partial charge < -0.3 is 4.74 Å². The van der Waals surface area contributed by atoms with Crippen LogP contribution in [0.25, 0.3) is 6.08 Å². The lowest BCUT2D eigenvalue weighted by atomic mass is 9.88. The van der Waals surface area contributed by atoms with Crippen LogP contribution in [0, 0.1) is 5.82 Å². The maximum absolute atomic E-state index is 13.0. The van der Waals surface area contributed by atoms with Crippen molar-refractivity contribution in [2.75, 3.05) is 6.61 Å². The van der Waals surface area contributed by atoms with Gasteiger partial charge in [-0.2, -0.15) is 0 Å². The lowest BCUT2D eigenvalue weighted by Crippen LogP contribution is -2.26. The Balaban J connectivity index is 1.95. The zero-order valence-electron chi connectivity index (χ0n) is 12.0. The smallest absolute Gasteiger partial charge is 0.177 e. The Bertz CT molecular complexity index is 745. The third-order valence-electron chi connectivity index (χ3n) is 3.69. The molecule has 1 atom stereocenters. The second kappa shape index (κ2) is 5.98. The Morgan fingerprint density at radius 1 is 1.18 bits per heavy atom. The highest BCUT2D eigenvalue weighted by molar-refractivity contribution is 6.04. The number of allylic oxidation sites excluding steroid dienone is 2. The van der Waals surface area contributed by atoms with E-state index in [2.05, 4.69) is 6.58 Å². The zero-order chi connectivity index (χ0) is 15.5. The van der Waals surface area contributed by atoms with Crippen LogP contribution in [0.4, 0.5) is 4.39 Å². The minimum atomic E-state index is -0.397. The van der Waals surface area contributed by atoms with E-state index in [0.29, 0.717) is 11.3 Å². The molecule has 0 spiro atoms. The van der Waals surface area contributed by atoms with E-state index in [9.17, 15) is 9.18 Å². The molecular weight excluding hydrogens is 279 g/mol. The van der Waals surface area contributed by atoms with Gasteiger partial charge in [-0.1, -0.05) is 43.0 Å². The number of rotatable bonds is 3. The minimum Gasteiger partial charge on any atom is -0.492 e. The molecule has 110 valence electrons. The monoisotopic (exact) mass is 294 g/mol. The number of carbonyl (C=O) groups excluding carboxylic acids is 1. The number of fused-ring (bicyclic) bond motifs is 1. The molecule has 0 bridgehead atoms. The van der Waals surface area contributed by atoms with E-state index in [-0.39, 0.29) is 18.2 Å². The Hall–Kier alpha value is -2.68. The van der Waals surface area contributed by atoms with Crippen LogP contribution in [0.2, 0.25) is 0 Å². The van der Waals surface area contributed by atoms with Crippen LogP contribution in [-0.2, 0) is 0 Å². The number of ketones is 1. The first kappa shape index (κ1) is 14.3. The first-order valence-electron chi connectivity index (χ1n) is 7.04. The summed E-state index contributed by atoms with van der Waals surface area (Å²) >= 11 is 0. The molecule has 2 nitrogen and oxygen atoms in total. The molecule has 2 aromatic rings. The van der Waals surface area contributed by atoms with E-state index >= 15 is 0 Å². The van der Waals surface area contributed by atoms with Crippen molar-refractivity contribution in [2.24, 2.45) is 0 Å². The molecule has 1 aliphatic heterocycles. The molecule has 0 aromatic heterocycles. The normalized spacial score (nSPS) is 17.1. The first-order chi connectivity index (χ1) is 10.7. The predicted molar refractivity (Wildman–Crippen MR) is 84.6 cm³/mol. The van der Waals surface area contributed by atoms with Crippen molar-refractivity contribution in [3.63, 3.8) is 0 Å². The maximum atomic E-state index is 13.0. The van der Waals surface area contributed by atoms with Gasteiger partial charge in [0.1, 0.15) is 18.2 Å². The summed E-state index contributed by atoms with van der Waals surface area (Å²) in [7, 11) is 0. The Kier molecular flexibility index (Phi) is 3.88. The standard InChI is InChI=1S/C19H15FO2/c1-2-3-4-13-5-10-18-16(11-13)19(21)17(12-22-18)14-6-8-15(20)9-7-14/h2-11,17H,1,12H2/b4-3-. The van der Waals surface area contributed by atoms with Crippen LogP contribution in [0.5, 0.6) is 5.75 Å². The maximum Gasteiger partial charge on any atom is 0.177 e. The van der Waals surface area contributed by atoms with E-state index in [1.807, 2.05) is 24.3 Å². The Morgan fingerprint density at radius 3 is 2.68 bits per heavy atom. The highest BCUT2D eigenvalue weighted by Gasteiger charge is 2.30. The summed E-state index contributed by atoms with van der Waals surface area (Å²) < 4.78 is 18.7. The summed E-state index contributed by atoms with van der Waals surface area (Å²) in [6.07, 6.45) is 5.37. The molecule has 3 heteroatoms. The van der Waals surface area contributed by atoms with E-state index in [4.69, 9.17) is 4.74 Å². The molecule has 0 fully saturated rings. The van der Waals surface area contributed by atoms with Gasteiger partial charge in [-0.05, 0) is 35.4 Å². The zero-order valence-corrected chi connectivity index (χ0v) is 12.0. The molecular formula is C19H15FO2. The van der Waals surface area contributed by atoms with Crippen molar-refractivity contribution in [1.29, 1.82) is 0 Å². The summed E-state index contributed by atoms with van der Waals surface area (Å²) in [5.74, 6) is -0.113. The number of halogens is 1. The highest BCUT2D eigenvalue weighted by Crippen LogP contribution is 2.33. The summed E-state index contributed by atoms with van der Waals surface area (Å²) in [6, 6.07) is 11.5. The number of carbonyl (C=O) groups is 1. The van der Waals surface area contributed by atoms with Crippen LogP contribution < -0.4 is 4.74 Å². The molecule has 2 aromatic carbocycles. The minimum absolute atomic E-state index is 0.00158. The van der Waals surface area contributed by atoms with Gasteiger partial charge in [0.05, 0.1) is 11.5 Å². The van der Waals surface area contributed by atoms with Gasteiger partial charge in [0.25, 0.3) is 0 Å². The fourth-order valence-electron chi connectivity index (χ4n) is 2.53. The molecule has 1 heterocycles. The lowest BCUT2D eigenvalue weighted by Gasteiger charge is -2.24. The summed E-state index contributed by atoms with van der Waals surface area (Å²) in [5, 5.41) is 0. The molecule has 0 N–H and O–H groups in total. The van der Waals surface area contributed by atoms with Crippen molar-refractivity contribution in [2.45, 2.75) is 5.92 Å². The molecule has 0 amide bonds. The van der Waals surface area contributed by atoms with Gasteiger partial charge in [-0.15, -0.1) is 0 Å². The molecule has 0 radical (unpaired) electrons. The van der Waals surface area contributed by atoms with Crippen LogP contribution in [0.3, 0.4) is 0 Å². The largest absolute Gasteiger partial charge is 0.492 e. The summed E-state index contributed by atoms with van der Waals surface area (Å²) in [4.78, 5) is 12.7. The van der Waals surface area contributed by atoms with E-state index < -0.39 is 5.92 Å². The number of benzene rings is 2. The van der Waals surface area contributed by atoms with E-state index in [1.165, 1.54) is 12.1 Å². The molecule has 0 saturated heterocycles. The Morgan fingerprint density at radius 2 is 1.95 bits per heavy atom. The van der Waals surface area contributed by atoms with Gasteiger partial charge in [0.15, 0.2) is 5.78 Å². The van der Waals surface area contributed by atoms with Crippen molar-refractivity contribution in [3.05, 3.63) is 83.7 Å². The van der Waals surface area contributed by atoms with Crippen molar-refractivity contribution in [3.8, 4) is 5.75 Å². The topological polar surface area (TPSA) is 26.3 Å². The van der Waals surface area contributed by atoms with Crippen molar-refractivity contribution >= 4 is 11.9 Å². The molecule has 3 rings (SSSR count). The fourth-order valence-corrected chi connectivity index (χ4v) is 2.53. The van der Waals surface area contributed by atoms with Crippen LogP contribution >= 0.6 is 0 Å². The van der Waals surface area contributed by atoms with Crippen LogP contribution in [0.1, 0.15) is 27.4 Å². The molecule has 0 saturated carbocycles. The van der Waals surface area contributed by atoms with Crippen LogP contribution in [0.15, 0.2) is 61.2 Å².